The van der Waals surface area contributed by atoms with Gasteiger partial charge in [-0.05, 0) is 82.6 Å². The van der Waals surface area contributed by atoms with Crippen LogP contribution in [0.4, 0.5) is 16.2 Å². The highest BCUT2D eigenvalue weighted by molar-refractivity contribution is 6.10. The van der Waals surface area contributed by atoms with Gasteiger partial charge in [-0.15, -0.1) is 0 Å². The Morgan fingerprint density at radius 2 is 1.44 bits per heavy atom. The first-order chi connectivity index (χ1) is 19.6. The predicted octanol–water partition coefficient (Wildman–Crippen LogP) is 5.89. The molecule has 3 aromatic carbocycles. The number of benzene rings is 3. The summed E-state index contributed by atoms with van der Waals surface area (Å²) in [6.45, 7) is 8.26. The molecule has 0 aromatic heterocycles. The highest BCUT2D eigenvalue weighted by Gasteiger charge is 2.18. The van der Waals surface area contributed by atoms with E-state index >= 15 is 0 Å². The standard InChI is InChI=1S/C31H37N3O7/c1-6-39-23-16-17-24(27(20-23)40-19-9-18-32-30(37)41-31(2,3)4)29(36)34-26-11-8-7-10-25(26)33-28(35)21-12-14-22(38-5)15-13-21/h7-8,10-17,20H,6,9,18-19H2,1-5H3,(H,32,37)(H,33,35)(H,34,36). The summed E-state index contributed by atoms with van der Waals surface area (Å²) in [4.78, 5) is 38.0. The van der Waals surface area contributed by atoms with Gasteiger partial charge < -0.3 is 34.9 Å². The number of hydrogen-bond donors (Lipinski definition) is 3. The van der Waals surface area contributed by atoms with E-state index in [2.05, 4.69) is 16.0 Å². The van der Waals surface area contributed by atoms with E-state index in [4.69, 9.17) is 18.9 Å². The average Bonchev–Trinajstić information content (AvgIpc) is 2.93. The molecular weight excluding hydrogens is 526 g/mol. The molecule has 3 amide bonds. The molecule has 0 radical (unpaired) electrons. The topological polar surface area (TPSA) is 124 Å². The first-order valence-corrected chi connectivity index (χ1v) is 13.3. The largest absolute Gasteiger partial charge is 0.497 e. The Morgan fingerprint density at radius 3 is 2.05 bits per heavy atom. The van der Waals surface area contributed by atoms with E-state index in [1.807, 2.05) is 6.92 Å². The zero-order valence-corrected chi connectivity index (χ0v) is 24.0. The molecule has 0 spiro atoms. The molecule has 0 saturated heterocycles. The summed E-state index contributed by atoms with van der Waals surface area (Å²) >= 11 is 0. The van der Waals surface area contributed by atoms with Gasteiger partial charge in [0.15, 0.2) is 0 Å². The summed E-state index contributed by atoms with van der Waals surface area (Å²) in [7, 11) is 1.55. The summed E-state index contributed by atoms with van der Waals surface area (Å²) in [5, 5.41) is 8.39. The molecule has 0 aliphatic rings. The van der Waals surface area contributed by atoms with Gasteiger partial charge in [-0.3, -0.25) is 9.59 Å². The Labute approximate surface area is 240 Å². The summed E-state index contributed by atoms with van der Waals surface area (Å²) in [6.07, 6.45) is -0.0204. The molecule has 0 atom stereocenters. The average molecular weight is 564 g/mol. The van der Waals surface area contributed by atoms with Crippen LogP contribution in [-0.2, 0) is 4.74 Å². The zero-order valence-electron chi connectivity index (χ0n) is 24.0. The van der Waals surface area contributed by atoms with Gasteiger partial charge in [0.25, 0.3) is 11.8 Å². The SMILES string of the molecule is CCOc1ccc(C(=O)Nc2ccccc2NC(=O)c2ccc(OC)cc2)c(OCCCNC(=O)OC(C)(C)C)c1. The number of alkyl carbamates (subject to hydrolysis) is 1. The van der Waals surface area contributed by atoms with Gasteiger partial charge in [0.1, 0.15) is 22.8 Å². The summed E-state index contributed by atoms with van der Waals surface area (Å²) in [6, 6.07) is 18.6. The maximum atomic E-state index is 13.4. The van der Waals surface area contributed by atoms with Crippen LogP contribution in [0.2, 0.25) is 0 Å². The summed E-state index contributed by atoms with van der Waals surface area (Å²) in [5.74, 6) is 0.756. The van der Waals surface area contributed by atoms with Gasteiger partial charge in [-0.2, -0.15) is 0 Å². The van der Waals surface area contributed by atoms with Crippen molar-refractivity contribution < 1.29 is 33.3 Å². The molecule has 41 heavy (non-hydrogen) atoms. The van der Waals surface area contributed by atoms with Gasteiger partial charge in [0, 0.05) is 18.2 Å². The minimum atomic E-state index is -0.584. The Hall–Kier alpha value is -4.73. The van der Waals surface area contributed by atoms with Crippen LogP contribution < -0.4 is 30.2 Å². The smallest absolute Gasteiger partial charge is 0.407 e. The summed E-state index contributed by atoms with van der Waals surface area (Å²) < 4.78 is 21.9. The minimum absolute atomic E-state index is 0.236. The van der Waals surface area contributed by atoms with Gasteiger partial charge in [0.2, 0.25) is 0 Å². The van der Waals surface area contributed by atoms with Crippen LogP contribution in [0.3, 0.4) is 0 Å². The first-order valence-electron chi connectivity index (χ1n) is 13.3. The lowest BCUT2D eigenvalue weighted by molar-refractivity contribution is 0.0525. The van der Waals surface area contributed by atoms with Gasteiger partial charge >= 0.3 is 6.09 Å². The molecule has 0 fully saturated rings. The molecule has 3 N–H and O–H groups in total. The van der Waals surface area contributed by atoms with Crippen molar-refractivity contribution in [2.45, 2.75) is 39.7 Å². The van der Waals surface area contributed by atoms with Crippen LogP contribution in [0.5, 0.6) is 17.2 Å². The van der Waals surface area contributed by atoms with Crippen molar-refractivity contribution in [2.75, 3.05) is 37.5 Å². The molecule has 218 valence electrons. The number of rotatable bonds is 12. The lowest BCUT2D eigenvalue weighted by Gasteiger charge is -2.19. The second-order valence-corrected chi connectivity index (χ2v) is 9.90. The van der Waals surface area contributed by atoms with Crippen molar-refractivity contribution in [1.82, 2.24) is 5.32 Å². The molecule has 0 aliphatic heterocycles. The quantitative estimate of drug-likeness (QED) is 0.235. The van der Waals surface area contributed by atoms with E-state index in [9.17, 15) is 14.4 Å². The Morgan fingerprint density at radius 1 is 0.805 bits per heavy atom. The normalized spacial score (nSPS) is 10.8. The number of nitrogens with one attached hydrogen (secondary N) is 3. The maximum absolute atomic E-state index is 13.4. The van der Waals surface area contributed by atoms with E-state index in [0.29, 0.717) is 53.8 Å². The fraction of sp³-hybridized carbons (Fsp3) is 0.323. The number of amides is 3. The fourth-order valence-electron chi connectivity index (χ4n) is 3.65. The van der Waals surface area contributed by atoms with Crippen molar-refractivity contribution >= 4 is 29.3 Å². The Bertz CT molecular complexity index is 1330. The maximum Gasteiger partial charge on any atom is 0.407 e. The van der Waals surface area contributed by atoms with Crippen molar-refractivity contribution in [3.05, 3.63) is 77.9 Å². The van der Waals surface area contributed by atoms with Crippen LogP contribution in [0.1, 0.15) is 54.8 Å². The number of para-hydroxylation sites is 2. The number of anilines is 2. The van der Waals surface area contributed by atoms with Crippen LogP contribution in [-0.4, -0.2) is 50.4 Å². The molecule has 0 bridgehead atoms. The third-order valence-corrected chi connectivity index (χ3v) is 5.53. The van der Waals surface area contributed by atoms with E-state index in [0.717, 1.165) is 0 Å². The molecule has 3 rings (SSSR count). The van der Waals surface area contributed by atoms with Crippen LogP contribution in [0.15, 0.2) is 66.7 Å². The third kappa shape index (κ3) is 9.75. The lowest BCUT2D eigenvalue weighted by atomic mass is 10.1. The van der Waals surface area contributed by atoms with Crippen molar-refractivity contribution in [2.24, 2.45) is 0 Å². The van der Waals surface area contributed by atoms with E-state index in [1.54, 1.807) is 94.6 Å². The van der Waals surface area contributed by atoms with Crippen LogP contribution >= 0.6 is 0 Å². The first kappa shape index (κ1) is 30.8. The van der Waals surface area contributed by atoms with Crippen molar-refractivity contribution in [3.8, 4) is 17.2 Å². The minimum Gasteiger partial charge on any atom is -0.497 e. The lowest BCUT2D eigenvalue weighted by Crippen LogP contribution is -2.33. The second-order valence-electron chi connectivity index (χ2n) is 9.90. The van der Waals surface area contributed by atoms with Gasteiger partial charge in [-0.1, -0.05) is 12.1 Å². The molecule has 0 aliphatic carbocycles. The molecule has 0 saturated carbocycles. The van der Waals surface area contributed by atoms with Crippen molar-refractivity contribution in [1.29, 1.82) is 0 Å². The van der Waals surface area contributed by atoms with Crippen LogP contribution in [0, 0.1) is 0 Å². The number of carbonyl (C=O) groups is 3. The third-order valence-electron chi connectivity index (χ3n) is 5.53. The zero-order chi connectivity index (χ0) is 29.8. The molecule has 0 heterocycles. The van der Waals surface area contributed by atoms with Crippen LogP contribution in [0.25, 0.3) is 0 Å². The molecular formula is C31H37N3O7. The number of ether oxygens (including phenoxy) is 4. The summed E-state index contributed by atoms with van der Waals surface area (Å²) in [5.41, 5.74) is 0.990. The fourth-order valence-corrected chi connectivity index (χ4v) is 3.65. The Balaban J connectivity index is 1.68. The van der Waals surface area contributed by atoms with Crippen molar-refractivity contribution in [3.63, 3.8) is 0 Å². The second kappa shape index (κ2) is 14.6. The highest BCUT2D eigenvalue weighted by atomic mass is 16.6. The predicted molar refractivity (Wildman–Crippen MR) is 157 cm³/mol. The molecule has 0 unspecified atom stereocenters. The number of carbonyl (C=O) groups excluding carboxylic acids is 3. The molecule has 3 aromatic rings. The van der Waals surface area contributed by atoms with Gasteiger partial charge in [0.05, 0.1) is 37.3 Å². The highest BCUT2D eigenvalue weighted by Crippen LogP contribution is 2.28. The van der Waals surface area contributed by atoms with Gasteiger partial charge in [-0.25, -0.2) is 4.79 Å². The Kier molecular flexibility index (Phi) is 11.0. The number of hydrogen-bond acceptors (Lipinski definition) is 7. The van der Waals surface area contributed by atoms with E-state index in [1.165, 1.54) is 0 Å². The molecule has 10 nitrogen and oxygen atoms in total. The molecule has 10 heteroatoms. The van der Waals surface area contributed by atoms with E-state index in [-0.39, 0.29) is 18.1 Å². The monoisotopic (exact) mass is 563 g/mol. The van der Waals surface area contributed by atoms with E-state index < -0.39 is 17.6 Å². The number of methoxy groups -OCH3 is 1.